The number of aliphatic hydroxyl groups excluding tert-OH is 1. The highest BCUT2D eigenvalue weighted by Crippen LogP contribution is 2.40. The van der Waals surface area contributed by atoms with Crippen molar-refractivity contribution in [3.63, 3.8) is 0 Å². The van der Waals surface area contributed by atoms with Crippen LogP contribution in [-0.4, -0.2) is 65.9 Å². The Balaban J connectivity index is 1.87. The first-order valence-electron chi connectivity index (χ1n) is 10.1. The Bertz CT molecular complexity index is 1160. The van der Waals surface area contributed by atoms with Crippen LogP contribution in [0.3, 0.4) is 0 Å². The van der Waals surface area contributed by atoms with Crippen molar-refractivity contribution < 1.29 is 19.4 Å². The molecule has 0 spiro atoms. The predicted molar refractivity (Wildman–Crippen MR) is 119 cm³/mol. The van der Waals surface area contributed by atoms with E-state index in [-0.39, 0.29) is 11.3 Å². The average Bonchev–Trinajstić information content (AvgIpc) is 3.31. The molecule has 2 heterocycles. The Hall–Kier alpha value is -3.58. The molecule has 1 saturated heterocycles. The van der Waals surface area contributed by atoms with Gasteiger partial charge >= 0.3 is 0 Å². The van der Waals surface area contributed by atoms with Gasteiger partial charge in [-0.05, 0) is 37.9 Å². The van der Waals surface area contributed by atoms with E-state index in [2.05, 4.69) is 4.98 Å². The number of ketones is 1. The second-order valence-electron chi connectivity index (χ2n) is 7.82. The highest BCUT2D eigenvalue weighted by Gasteiger charge is 2.46. The number of benzene rings is 2. The SMILES string of the molecule is COc1ccc([C@@H]2C(=C(O)c3c[nH]c4ccccc34)C(=O)C(=O)N2CCN(C)C)cc1. The van der Waals surface area contributed by atoms with E-state index in [4.69, 9.17) is 4.74 Å². The van der Waals surface area contributed by atoms with Crippen LogP contribution in [-0.2, 0) is 9.59 Å². The molecule has 7 nitrogen and oxygen atoms in total. The van der Waals surface area contributed by atoms with Gasteiger partial charge in [0.1, 0.15) is 11.5 Å². The molecule has 1 atom stereocenters. The average molecular weight is 419 g/mol. The highest BCUT2D eigenvalue weighted by molar-refractivity contribution is 6.46. The predicted octanol–water partition coefficient (Wildman–Crippen LogP) is 3.16. The number of hydrogen-bond donors (Lipinski definition) is 2. The first kappa shape index (κ1) is 20.7. The standard InChI is InChI=1S/C24H25N3O4/c1-26(2)12-13-27-21(15-8-10-16(31-3)11-9-15)20(23(29)24(27)30)22(28)18-14-25-19-7-5-4-6-17(18)19/h4-11,14,21,25,28H,12-13H2,1-3H3/t21-/m1/s1. The first-order valence-corrected chi connectivity index (χ1v) is 10.1. The molecule has 0 saturated carbocycles. The number of amides is 1. The lowest BCUT2D eigenvalue weighted by Gasteiger charge is -2.26. The van der Waals surface area contributed by atoms with Crippen LogP contribution in [0.1, 0.15) is 17.2 Å². The Morgan fingerprint density at radius 1 is 1.13 bits per heavy atom. The van der Waals surface area contributed by atoms with Gasteiger partial charge in [0.05, 0.1) is 18.7 Å². The molecule has 1 aliphatic rings. The van der Waals surface area contributed by atoms with E-state index in [1.54, 1.807) is 25.4 Å². The summed E-state index contributed by atoms with van der Waals surface area (Å²) in [5.74, 6) is -0.791. The van der Waals surface area contributed by atoms with Crippen LogP contribution >= 0.6 is 0 Å². The van der Waals surface area contributed by atoms with E-state index in [9.17, 15) is 14.7 Å². The number of H-pyrrole nitrogens is 1. The first-order chi connectivity index (χ1) is 14.9. The quantitative estimate of drug-likeness (QED) is 0.364. The molecule has 4 rings (SSSR count). The summed E-state index contributed by atoms with van der Waals surface area (Å²) in [4.78, 5) is 32.6. The molecule has 1 fully saturated rings. The fourth-order valence-corrected chi connectivity index (χ4v) is 3.96. The van der Waals surface area contributed by atoms with Crippen LogP contribution in [0, 0.1) is 0 Å². The number of rotatable bonds is 6. The second-order valence-corrected chi connectivity index (χ2v) is 7.82. The number of carbonyl (C=O) groups excluding carboxylic acids is 2. The number of para-hydroxylation sites is 1. The minimum atomic E-state index is -0.681. The van der Waals surface area contributed by atoms with Crippen LogP contribution in [0.4, 0.5) is 0 Å². The molecular formula is C24H25N3O4. The van der Waals surface area contributed by atoms with Gasteiger partial charge in [0.15, 0.2) is 0 Å². The van der Waals surface area contributed by atoms with Crippen LogP contribution in [0.2, 0.25) is 0 Å². The van der Waals surface area contributed by atoms with Crippen molar-refractivity contribution in [2.75, 3.05) is 34.3 Å². The maximum absolute atomic E-state index is 13.1. The zero-order chi connectivity index (χ0) is 22.1. The molecule has 160 valence electrons. The lowest BCUT2D eigenvalue weighted by molar-refractivity contribution is -0.140. The van der Waals surface area contributed by atoms with Gasteiger partial charge in [-0.25, -0.2) is 0 Å². The van der Waals surface area contributed by atoms with Gasteiger partial charge in [0.2, 0.25) is 0 Å². The van der Waals surface area contributed by atoms with E-state index >= 15 is 0 Å². The number of nitrogens with zero attached hydrogens (tertiary/aromatic N) is 2. The van der Waals surface area contributed by atoms with Crippen molar-refractivity contribution in [3.05, 3.63) is 71.4 Å². The molecule has 1 aromatic heterocycles. The summed E-state index contributed by atoms with van der Waals surface area (Å²) in [6.07, 6.45) is 1.66. The summed E-state index contributed by atoms with van der Waals surface area (Å²) < 4.78 is 5.24. The van der Waals surface area contributed by atoms with Crippen molar-refractivity contribution in [2.24, 2.45) is 0 Å². The number of hydrogen-bond acceptors (Lipinski definition) is 5. The van der Waals surface area contributed by atoms with Crippen molar-refractivity contribution in [3.8, 4) is 5.75 Å². The molecule has 1 aliphatic heterocycles. The molecule has 7 heteroatoms. The Morgan fingerprint density at radius 3 is 2.52 bits per heavy atom. The smallest absolute Gasteiger partial charge is 0.295 e. The number of aliphatic hydroxyl groups is 1. The zero-order valence-electron chi connectivity index (χ0n) is 17.8. The number of aromatic nitrogens is 1. The van der Waals surface area contributed by atoms with E-state index in [1.807, 2.05) is 55.4 Å². The number of carbonyl (C=O) groups is 2. The van der Waals surface area contributed by atoms with Crippen LogP contribution in [0.25, 0.3) is 16.7 Å². The van der Waals surface area contributed by atoms with Gasteiger partial charge in [0, 0.05) is 35.8 Å². The number of fused-ring (bicyclic) bond motifs is 1. The number of ether oxygens (including phenoxy) is 1. The maximum atomic E-state index is 13.1. The molecule has 0 unspecified atom stereocenters. The summed E-state index contributed by atoms with van der Waals surface area (Å²) in [6, 6.07) is 14.0. The molecule has 31 heavy (non-hydrogen) atoms. The van der Waals surface area contributed by atoms with E-state index < -0.39 is 17.7 Å². The van der Waals surface area contributed by atoms with Gasteiger partial charge in [-0.2, -0.15) is 0 Å². The van der Waals surface area contributed by atoms with Crippen LogP contribution < -0.4 is 4.74 Å². The van der Waals surface area contributed by atoms with Gasteiger partial charge in [-0.15, -0.1) is 0 Å². The molecule has 0 radical (unpaired) electrons. The number of likely N-dealkylation sites (tertiary alicyclic amines) is 1. The van der Waals surface area contributed by atoms with Gasteiger partial charge in [0.25, 0.3) is 11.7 Å². The van der Waals surface area contributed by atoms with Crippen molar-refractivity contribution in [2.45, 2.75) is 6.04 Å². The lowest BCUT2D eigenvalue weighted by atomic mass is 9.95. The third kappa shape index (κ3) is 3.68. The van der Waals surface area contributed by atoms with E-state index in [0.29, 0.717) is 24.4 Å². The Kier molecular flexibility index (Phi) is 5.52. The minimum Gasteiger partial charge on any atom is -0.507 e. The molecule has 0 aliphatic carbocycles. The van der Waals surface area contributed by atoms with Crippen LogP contribution in [0.5, 0.6) is 5.75 Å². The summed E-state index contributed by atoms with van der Waals surface area (Å²) in [6.45, 7) is 0.950. The zero-order valence-corrected chi connectivity index (χ0v) is 17.8. The largest absolute Gasteiger partial charge is 0.507 e. The Labute approximate surface area is 180 Å². The molecule has 0 bridgehead atoms. The van der Waals surface area contributed by atoms with Crippen molar-refractivity contribution in [1.29, 1.82) is 0 Å². The molecule has 3 aromatic rings. The number of aromatic amines is 1. The maximum Gasteiger partial charge on any atom is 0.295 e. The second kappa shape index (κ2) is 8.28. The van der Waals surface area contributed by atoms with E-state index in [1.165, 1.54) is 4.90 Å². The highest BCUT2D eigenvalue weighted by atomic mass is 16.5. The molecule has 1 amide bonds. The molecule has 2 aromatic carbocycles. The van der Waals surface area contributed by atoms with Crippen molar-refractivity contribution >= 4 is 28.4 Å². The van der Waals surface area contributed by atoms with E-state index in [0.717, 1.165) is 16.5 Å². The summed E-state index contributed by atoms with van der Waals surface area (Å²) in [5.41, 5.74) is 2.17. The fourth-order valence-electron chi connectivity index (χ4n) is 3.96. The van der Waals surface area contributed by atoms with Crippen molar-refractivity contribution in [1.82, 2.24) is 14.8 Å². The molecule has 2 N–H and O–H groups in total. The summed E-state index contributed by atoms with van der Waals surface area (Å²) >= 11 is 0. The molecular weight excluding hydrogens is 394 g/mol. The Morgan fingerprint density at radius 2 is 1.84 bits per heavy atom. The number of Topliss-reactive ketones (excluding diaryl/α,β-unsaturated/α-hetero) is 1. The number of likely N-dealkylation sites (N-methyl/N-ethyl adjacent to an activating group) is 1. The summed E-state index contributed by atoms with van der Waals surface area (Å²) in [7, 11) is 5.39. The fraction of sp³-hybridized carbons (Fsp3) is 0.250. The lowest BCUT2D eigenvalue weighted by Crippen LogP contribution is -2.35. The monoisotopic (exact) mass is 419 g/mol. The third-order valence-corrected chi connectivity index (χ3v) is 5.60. The number of methoxy groups -OCH3 is 1. The normalized spacial score (nSPS) is 18.3. The van der Waals surface area contributed by atoms with Gasteiger partial charge in [-0.3, -0.25) is 9.59 Å². The minimum absolute atomic E-state index is 0.0960. The van der Waals surface area contributed by atoms with Gasteiger partial charge < -0.3 is 24.6 Å². The summed E-state index contributed by atoms with van der Waals surface area (Å²) in [5, 5.41) is 12.0. The third-order valence-electron chi connectivity index (χ3n) is 5.60. The number of nitrogens with one attached hydrogen (secondary N) is 1. The van der Waals surface area contributed by atoms with Crippen LogP contribution in [0.15, 0.2) is 60.3 Å². The van der Waals surface area contributed by atoms with Gasteiger partial charge in [-0.1, -0.05) is 30.3 Å². The topological polar surface area (TPSA) is 85.9 Å².